The highest BCUT2D eigenvalue weighted by Gasteiger charge is 2.48. The normalized spacial score (nSPS) is 22.3. The van der Waals surface area contributed by atoms with E-state index in [1.807, 2.05) is 0 Å². The Kier molecular flexibility index (Phi) is 4.50. The maximum atomic E-state index is 11.6. The molecule has 0 bridgehead atoms. The van der Waals surface area contributed by atoms with Crippen molar-refractivity contribution in [2.45, 2.75) is 30.8 Å². The summed E-state index contributed by atoms with van der Waals surface area (Å²) in [6.07, 6.45) is 1.74. The summed E-state index contributed by atoms with van der Waals surface area (Å²) in [5.74, 6) is -1.46. The van der Waals surface area contributed by atoms with Crippen LogP contribution in [0.25, 0.3) is 0 Å². The van der Waals surface area contributed by atoms with Crippen molar-refractivity contribution in [2.75, 3.05) is 13.1 Å². The van der Waals surface area contributed by atoms with Crippen LogP contribution in [0.3, 0.4) is 0 Å². The number of H-pyrrole nitrogens is 1. The van der Waals surface area contributed by atoms with E-state index in [4.69, 9.17) is 4.74 Å². The predicted octanol–water partition coefficient (Wildman–Crippen LogP) is -0.198. The third-order valence-corrected chi connectivity index (χ3v) is 5.06. The number of phenols is 1. The zero-order valence-electron chi connectivity index (χ0n) is 14.3. The lowest BCUT2D eigenvalue weighted by molar-refractivity contribution is 0.0120. The second-order valence-corrected chi connectivity index (χ2v) is 6.97. The van der Waals surface area contributed by atoms with Crippen molar-refractivity contribution in [3.05, 3.63) is 35.4 Å². The number of hydrogen-bond donors (Lipinski definition) is 5. The fourth-order valence-electron chi connectivity index (χ4n) is 3.52. The maximum Gasteiger partial charge on any atom is 0.455 e. The van der Waals surface area contributed by atoms with Crippen LogP contribution >= 0.6 is 0 Å². The molecule has 142 valence electrons. The van der Waals surface area contributed by atoms with Gasteiger partial charge in [-0.15, -0.1) is 0 Å². The number of likely N-dealkylation sites (tertiary alicyclic amines) is 1. The first-order valence-electron chi connectivity index (χ1n) is 8.62. The van der Waals surface area contributed by atoms with Crippen LogP contribution in [0, 0.1) is 0 Å². The van der Waals surface area contributed by atoms with Crippen molar-refractivity contribution >= 4 is 13.1 Å². The fourth-order valence-corrected chi connectivity index (χ4v) is 3.52. The monoisotopic (exact) mass is 374 g/mol. The highest BCUT2D eigenvalue weighted by Crippen LogP contribution is 2.56. The average molecular weight is 374 g/mol. The molecule has 2 aliphatic rings. The van der Waals surface area contributed by atoms with Gasteiger partial charge in [-0.3, -0.25) is 10.00 Å². The van der Waals surface area contributed by atoms with Gasteiger partial charge in [0.05, 0.1) is 6.54 Å². The smallest absolute Gasteiger partial charge is 0.455 e. The minimum Gasteiger partial charge on any atom is -0.507 e. The zero-order valence-corrected chi connectivity index (χ0v) is 14.3. The summed E-state index contributed by atoms with van der Waals surface area (Å²) in [7, 11) is -1.48. The summed E-state index contributed by atoms with van der Waals surface area (Å²) in [6, 6.07) is 3.12. The second kappa shape index (κ2) is 6.84. The first-order valence-corrected chi connectivity index (χ1v) is 8.62. The first kappa shape index (κ1) is 17.8. The van der Waals surface area contributed by atoms with Crippen LogP contribution in [0.2, 0.25) is 5.82 Å². The maximum absolute atomic E-state index is 11.6. The van der Waals surface area contributed by atoms with Gasteiger partial charge in [0, 0.05) is 18.9 Å². The molecule has 1 aliphatic carbocycles. The molecule has 1 aromatic carbocycles. The molecule has 5 N–H and O–H groups in total. The van der Waals surface area contributed by atoms with Crippen LogP contribution < -0.4 is 4.74 Å². The third kappa shape index (κ3) is 3.48. The topological polar surface area (TPSA) is 152 Å². The molecule has 27 heavy (non-hydrogen) atoms. The van der Waals surface area contributed by atoms with Gasteiger partial charge in [-0.2, -0.15) is 5.10 Å². The number of rotatable bonds is 7. The number of carboxylic acids is 1. The fraction of sp³-hybridized carbons (Fsp3) is 0.438. The molecule has 0 spiro atoms. The lowest BCUT2D eigenvalue weighted by atomic mass is 9.81. The van der Waals surface area contributed by atoms with Crippen LogP contribution in [0.5, 0.6) is 11.5 Å². The number of aromatic nitrogens is 3. The van der Waals surface area contributed by atoms with E-state index in [9.17, 15) is 25.1 Å². The van der Waals surface area contributed by atoms with Gasteiger partial charge < -0.3 is 25.0 Å². The van der Waals surface area contributed by atoms with Gasteiger partial charge in [0.2, 0.25) is 0 Å². The number of ether oxygens (including phenoxy) is 1. The van der Waals surface area contributed by atoms with E-state index in [0.717, 1.165) is 5.82 Å². The molecule has 1 aromatic heterocycles. The Morgan fingerprint density at radius 3 is 2.74 bits per heavy atom. The minimum absolute atomic E-state index is 0.106. The van der Waals surface area contributed by atoms with Crippen LogP contribution in [0.1, 0.15) is 34.1 Å². The molecule has 1 aliphatic heterocycles. The van der Waals surface area contributed by atoms with Gasteiger partial charge in [0.15, 0.2) is 0 Å². The zero-order chi connectivity index (χ0) is 19.1. The van der Waals surface area contributed by atoms with E-state index in [0.29, 0.717) is 31.6 Å². The number of aromatic hydroxyl groups is 1. The van der Waals surface area contributed by atoms with Crippen molar-refractivity contribution in [1.29, 1.82) is 0 Å². The summed E-state index contributed by atoms with van der Waals surface area (Å²) >= 11 is 0. The van der Waals surface area contributed by atoms with Gasteiger partial charge >= 0.3 is 13.1 Å². The molecule has 4 rings (SSSR count). The van der Waals surface area contributed by atoms with Crippen LogP contribution in [-0.4, -0.2) is 72.6 Å². The quantitative estimate of drug-likeness (QED) is 0.415. The molecule has 1 unspecified atom stereocenters. The Hall–Kier alpha value is -2.63. The number of carbonyl (C=O) groups is 1. The Balaban J connectivity index is 1.44. The molecule has 1 saturated heterocycles. The number of benzene rings is 1. The van der Waals surface area contributed by atoms with E-state index in [1.54, 1.807) is 6.07 Å². The van der Waals surface area contributed by atoms with Gasteiger partial charge in [-0.1, -0.05) is 6.07 Å². The van der Waals surface area contributed by atoms with E-state index in [2.05, 4.69) is 20.1 Å². The largest absolute Gasteiger partial charge is 0.507 e. The van der Waals surface area contributed by atoms with E-state index < -0.39 is 13.1 Å². The SMILES string of the molecule is O=C(O)c1c(OC2CN(Cc3ncn[nH]3)C2)ccc(C2C[C@H]2B(O)O)c1O. The summed E-state index contributed by atoms with van der Waals surface area (Å²) in [6.45, 7) is 1.80. The molecule has 0 amide bonds. The average Bonchev–Trinajstić information content (AvgIpc) is 3.20. The highest BCUT2D eigenvalue weighted by atomic mass is 16.5. The van der Waals surface area contributed by atoms with Crippen LogP contribution in [0.4, 0.5) is 0 Å². The summed E-state index contributed by atoms with van der Waals surface area (Å²) < 4.78 is 5.77. The van der Waals surface area contributed by atoms with Crippen molar-refractivity contribution in [3.63, 3.8) is 0 Å². The molecule has 11 heteroatoms. The first-order chi connectivity index (χ1) is 12.9. The Bertz CT molecular complexity index is 840. The number of hydrogen-bond acceptors (Lipinski definition) is 8. The van der Waals surface area contributed by atoms with E-state index in [-0.39, 0.29) is 34.9 Å². The molecule has 2 aromatic rings. The molecule has 2 heterocycles. The lowest BCUT2D eigenvalue weighted by Gasteiger charge is -2.38. The van der Waals surface area contributed by atoms with Crippen molar-refractivity contribution in [2.24, 2.45) is 0 Å². The number of aromatic carboxylic acids is 1. The number of carboxylic acid groups (broad SMARTS) is 1. The molecule has 2 atom stereocenters. The van der Waals surface area contributed by atoms with Crippen molar-refractivity contribution in [3.8, 4) is 11.5 Å². The molecule has 2 fully saturated rings. The Labute approximate surface area is 154 Å². The lowest BCUT2D eigenvalue weighted by Crippen LogP contribution is -2.53. The molecular weight excluding hydrogens is 355 g/mol. The second-order valence-electron chi connectivity index (χ2n) is 6.97. The highest BCUT2D eigenvalue weighted by molar-refractivity contribution is 6.44. The van der Waals surface area contributed by atoms with E-state index >= 15 is 0 Å². The van der Waals surface area contributed by atoms with Crippen molar-refractivity contribution in [1.82, 2.24) is 20.1 Å². The molecule has 10 nitrogen and oxygen atoms in total. The Morgan fingerprint density at radius 1 is 1.37 bits per heavy atom. The number of aromatic amines is 1. The van der Waals surface area contributed by atoms with Gasteiger partial charge in [-0.25, -0.2) is 9.78 Å². The van der Waals surface area contributed by atoms with Crippen molar-refractivity contribution < 1.29 is 29.8 Å². The van der Waals surface area contributed by atoms with E-state index in [1.165, 1.54) is 12.4 Å². The minimum atomic E-state index is -1.48. The van der Waals surface area contributed by atoms with Gasteiger partial charge in [0.25, 0.3) is 0 Å². The van der Waals surface area contributed by atoms with Crippen LogP contribution in [-0.2, 0) is 6.54 Å². The molecule has 0 radical (unpaired) electrons. The third-order valence-electron chi connectivity index (χ3n) is 5.06. The number of nitrogens with zero attached hydrogens (tertiary/aromatic N) is 3. The molecular formula is C16H19BN4O6. The van der Waals surface area contributed by atoms with Crippen LogP contribution in [0.15, 0.2) is 18.5 Å². The Morgan fingerprint density at radius 2 is 2.15 bits per heavy atom. The summed E-state index contributed by atoms with van der Waals surface area (Å²) in [5.41, 5.74) is 0.109. The molecule has 1 saturated carbocycles. The summed E-state index contributed by atoms with van der Waals surface area (Å²) in [4.78, 5) is 17.8. The predicted molar refractivity (Wildman–Crippen MR) is 92.4 cm³/mol. The summed E-state index contributed by atoms with van der Waals surface area (Å²) in [5, 5.41) is 45.0. The standard InChI is InChI=1S/C16H19BN4O6/c22-15-9(10-3-11(10)17(25)26)1-2-12(14(15)16(23)24)27-8-4-21(5-8)6-13-18-7-19-20-13/h1-2,7-8,10-11,22,25-26H,3-6H2,(H,23,24)(H,18,19,20)/t10?,11-/m1/s1. The number of nitrogens with one attached hydrogen (secondary N) is 1. The van der Waals surface area contributed by atoms with Gasteiger partial charge in [0.1, 0.15) is 35.3 Å². The van der Waals surface area contributed by atoms with Gasteiger partial charge in [-0.05, 0) is 24.0 Å².